The number of hydrogen-bond acceptors (Lipinski definition) is 5. The average Bonchev–Trinajstić information content (AvgIpc) is 3.35. The topological polar surface area (TPSA) is 95.2 Å². The predicted octanol–water partition coefficient (Wildman–Crippen LogP) is 2.36. The molecule has 1 aliphatic heterocycles. The summed E-state index contributed by atoms with van der Waals surface area (Å²) in [7, 11) is 0. The number of nitrogens with one attached hydrogen (secondary N) is 1. The number of aromatic nitrogens is 3. The Bertz CT molecular complexity index is 947. The Kier molecular flexibility index (Phi) is 4.53. The van der Waals surface area contributed by atoms with Crippen LogP contribution in [0.3, 0.4) is 0 Å². The van der Waals surface area contributed by atoms with Crippen molar-refractivity contribution >= 4 is 5.91 Å². The number of nitrogens with zero attached hydrogens (tertiary/aromatic N) is 3. The number of aliphatic hydroxyl groups is 1. The van der Waals surface area contributed by atoms with Crippen LogP contribution in [0.1, 0.15) is 27.5 Å². The lowest BCUT2D eigenvalue weighted by Crippen LogP contribution is -2.30. The quantitative estimate of drug-likeness (QED) is 0.739. The smallest absolute Gasteiger partial charge is 0.259 e. The molecule has 3 heterocycles. The molecule has 1 amide bonds. The summed E-state index contributed by atoms with van der Waals surface area (Å²) in [5.74, 6) is 0.282. The summed E-state index contributed by atoms with van der Waals surface area (Å²) in [4.78, 5) is 14.8. The van der Waals surface area contributed by atoms with Crippen molar-refractivity contribution < 1.29 is 14.4 Å². The van der Waals surface area contributed by atoms with E-state index in [1.807, 2.05) is 43.3 Å². The third kappa shape index (κ3) is 3.38. The van der Waals surface area contributed by atoms with E-state index in [1.54, 1.807) is 11.8 Å². The number of likely N-dealkylation sites (tertiary alicyclic amines) is 1. The first-order valence-electron chi connectivity index (χ1n) is 9.03. The van der Waals surface area contributed by atoms with Gasteiger partial charge in [-0.15, -0.1) is 0 Å². The molecule has 7 heteroatoms. The molecule has 27 heavy (non-hydrogen) atoms. The van der Waals surface area contributed by atoms with Gasteiger partial charge in [0.25, 0.3) is 5.91 Å². The van der Waals surface area contributed by atoms with Crippen LogP contribution in [-0.4, -0.2) is 50.5 Å². The first kappa shape index (κ1) is 17.5. The maximum absolute atomic E-state index is 13.2. The molecule has 0 spiro atoms. The molecule has 2 aromatic heterocycles. The van der Waals surface area contributed by atoms with Crippen LogP contribution < -0.4 is 0 Å². The lowest BCUT2D eigenvalue weighted by atomic mass is 10.00. The van der Waals surface area contributed by atoms with Gasteiger partial charge in [-0.3, -0.25) is 9.89 Å². The van der Waals surface area contributed by atoms with Gasteiger partial charge < -0.3 is 14.5 Å². The van der Waals surface area contributed by atoms with Gasteiger partial charge in [-0.2, -0.15) is 5.10 Å². The van der Waals surface area contributed by atoms with Crippen LogP contribution in [0.5, 0.6) is 0 Å². The zero-order valence-electron chi connectivity index (χ0n) is 15.3. The summed E-state index contributed by atoms with van der Waals surface area (Å²) in [6.07, 6.45) is 0.0509. The summed E-state index contributed by atoms with van der Waals surface area (Å²) in [6.45, 7) is 4.46. The van der Waals surface area contributed by atoms with Crippen molar-refractivity contribution in [3.8, 4) is 11.3 Å². The third-order valence-corrected chi connectivity index (χ3v) is 5.05. The van der Waals surface area contributed by atoms with E-state index < -0.39 is 6.10 Å². The molecule has 0 unspecified atom stereocenters. The summed E-state index contributed by atoms with van der Waals surface area (Å²) in [5.41, 5.74) is 3.72. The largest absolute Gasteiger partial charge is 0.391 e. The van der Waals surface area contributed by atoms with Gasteiger partial charge in [0.15, 0.2) is 0 Å². The molecule has 0 radical (unpaired) electrons. The van der Waals surface area contributed by atoms with E-state index in [4.69, 9.17) is 4.52 Å². The van der Waals surface area contributed by atoms with Crippen LogP contribution in [-0.2, 0) is 6.42 Å². The summed E-state index contributed by atoms with van der Waals surface area (Å²) >= 11 is 0. The van der Waals surface area contributed by atoms with Crippen LogP contribution in [0.2, 0.25) is 0 Å². The second-order valence-electron chi connectivity index (χ2n) is 7.11. The van der Waals surface area contributed by atoms with Crippen molar-refractivity contribution in [1.82, 2.24) is 20.3 Å². The second-order valence-corrected chi connectivity index (χ2v) is 7.11. The molecular weight excluding hydrogens is 344 g/mol. The molecule has 7 nitrogen and oxygen atoms in total. The van der Waals surface area contributed by atoms with Gasteiger partial charge in [-0.25, -0.2) is 0 Å². The van der Waals surface area contributed by atoms with E-state index in [0.29, 0.717) is 36.5 Å². The number of rotatable bonds is 4. The van der Waals surface area contributed by atoms with Crippen molar-refractivity contribution in [2.24, 2.45) is 5.92 Å². The Morgan fingerprint density at radius 1 is 1.30 bits per heavy atom. The Morgan fingerprint density at radius 3 is 2.78 bits per heavy atom. The molecule has 1 saturated heterocycles. The number of aryl methyl sites for hydroxylation is 2. The Labute approximate surface area is 157 Å². The van der Waals surface area contributed by atoms with E-state index in [2.05, 4.69) is 15.4 Å². The highest BCUT2D eigenvalue weighted by molar-refractivity contribution is 6.01. The highest BCUT2D eigenvalue weighted by Gasteiger charge is 2.37. The van der Waals surface area contributed by atoms with Gasteiger partial charge in [0.05, 0.1) is 11.8 Å². The third-order valence-electron chi connectivity index (χ3n) is 5.05. The molecule has 2 atom stereocenters. The second kappa shape index (κ2) is 7.00. The van der Waals surface area contributed by atoms with Crippen LogP contribution in [0.15, 0.2) is 40.9 Å². The molecule has 140 valence electrons. The fourth-order valence-electron chi connectivity index (χ4n) is 3.64. The van der Waals surface area contributed by atoms with Crippen LogP contribution >= 0.6 is 0 Å². The zero-order valence-corrected chi connectivity index (χ0v) is 15.3. The van der Waals surface area contributed by atoms with E-state index in [9.17, 15) is 9.90 Å². The Balaban J connectivity index is 1.55. The standard InChI is InChI=1S/C20H22N4O3/c1-12-8-16(22-21-12)9-15-10-24(11-17(15)25)20(26)18-13(2)27-23-19(18)14-6-4-3-5-7-14/h3-8,15,17,25H,9-11H2,1-2H3,(H,21,22)/t15-,17-/m1/s1. The minimum Gasteiger partial charge on any atom is -0.391 e. The van der Waals surface area contributed by atoms with Crippen LogP contribution in [0, 0.1) is 19.8 Å². The molecular formula is C20H22N4O3. The van der Waals surface area contributed by atoms with Gasteiger partial charge in [0.1, 0.15) is 17.0 Å². The van der Waals surface area contributed by atoms with E-state index in [0.717, 1.165) is 17.0 Å². The number of benzene rings is 1. The fraction of sp³-hybridized carbons (Fsp3) is 0.350. The monoisotopic (exact) mass is 366 g/mol. The first-order valence-corrected chi connectivity index (χ1v) is 9.03. The highest BCUT2D eigenvalue weighted by Crippen LogP contribution is 2.29. The molecule has 0 bridgehead atoms. The lowest BCUT2D eigenvalue weighted by Gasteiger charge is -2.16. The van der Waals surface area contributed by atoms with Crippen molar-refractivity contribution in [1.29, 1.82) is 0 Å². The Hall–Kier alpha value is -2.93. The summed E-state index contributed by atoms with van der Waals surface area (Å²) in [5, 5.41) is 21.7. The molecule has 1 aliphatic rings. The fourth-order valence-corrected chi connectivity index (χ4v) is 3.64. The molecule has 0 aliphatic carbocycles. The van der Waals surface area contributed by atoms with Crippen LogP contribution in [0.25, 0.3) is 11.3 Å². The minimum absolute atomic E-state index is 0.0445. The lowest BCUT2D eigenvalue weighted by molar-refractivity contribution is 0.0763. The number of H-pyrrole nitrogens is 1. The van der Waals surface area contributed by atoms with Gasteiger partial charge in [0, 0.05) is 30.3 Å². The van der Waals surface area contributed by atoms with E-state index >= 15 is 0 Å². The predicted molar refractivity (Wildman–Crippen MR) is 99.1 cm³/mol. The number of aliphatic hydroxyl groups excluding tert-OH is 1. The number of carbonyl (C=O) groups excluding carboxylic acids is 1. The number of amides is 1. The van der Waals surface area contributed by atoms with Crippen molar-refractivity contribution in [3.63, 3.8) is 0 Å². The first-order chi connectivity index (χ1) is 13.0. The van der Waals surface area contributed by atoms with Crippen LogP contribution in [0.4, 0.5) is 0 Å². The normalized spacial score (nSPS) is 19.6. The number of hydrogen-bond donors (Lipinski definition) is 2. The number of carbonyl (C=O) groups is 1. The number of aromatic amines is 1. The van der Waals surface area contributed by atoms with E-state index in [-0.39, 0.29) is 11.8 Å². The number of β-amino-alcohol motifs (C(OH)–C–C–N with tert-alkyl or cyclic N) is 1. The average molecular weight is 366 g/mol. The highest BCUT2D eigenvalue weighted by atomic mass is 16.5. The molecule has 1 aromatic carbocycles. The zero-order chi connectivity index (χ0) is 19.0. The van der Waals surface area contributed by atoms with Crippen molar-refractivity contribution in [3.05, 3.63) is 59.1 Å². The van der Waals surface area contributed by atoms with Gasteiger partial charge in [-0.1, -0.05) is 35.5 Å². The van der Waals surface area contributed by atoms with Gasteiger partial charge in [-0.05, 0) is 26.3 Å². The molecule has 1 fully saturated rings. The molecule has 0 saturated carbocycles. The maximum atomic E-state index is 13.2. The van der Waals surface area contributed by atoms with Crippen molar-refractivity contribution in [2.75, 3.05) is 13.1 Å². The van der Waals surface area contributed by atoms with Gasteiger partial charge >= 0.3 is 0 Å². The molecule has 4 rings (SSSR count). The Morgan fingerprint density at radius 2 is 2.07 bits per heavy atom. The SMILES string of the molecule is Cc1cc(C[C@@H]2CN(C(=O)c3c(-c4ccccc4)noc3C)C[C@H]2O)n[nH]1. The maximum Gasteiger partial charge on any atom is 0.259 e. The minimum atomic E-state index is -0.578. The molecule has 2 N–H and O–H groups in total. The summed E-state index contributed by atoms with van der Waals surface area (Å²) in [6, 6.07) is 11.5. The van der Waals surface area contributed by atoms with Crippen molar-refractivity contribution in [2.45, 2.75) is 26.4 Å². The van der Waals surface area contributed by atoms with Gasteiger partial charge in [0.2, 0.25) is 0 Å². The summed E-state index contributed by atoms with van der Waals surface area (Å²) < 4.78 is 5.31. The molecule has 3 aromatic rings. The van der Waals surface area contributed by atoms with E-state index in [1.165, 1.54) is 0 Å².